The van der Waals surface area contributed by atoms with Crippen molar-refractivity contribution in [2.75, 3.05) is 6.61 Å². The molecular formula is C26H47N3O4Si. The van der Waals surface area contributed by atoms with Gasteiger partial charge in [0.15, 0.2) is 8.32 Å². The highest BCUT2D eigenvalue weighted by Gasteiger charge is 2.38. The molecule has 0 saturated heterocycles. The molecule has 0 aliphatic rings. The largest absolute Gasteiger partial charge is 0.459 e. The van der Waals surface area contributed by atoms with Crippen molar-refractivity contribution in [2.45, 2.75) is 111 Å². The van der Waals surface area contributed by atoms with Crippen LogP contribution in [0.15, 0.2) is 24.5 Å². The SMILES string of the molecule is CC(C)C[C@H](N[C@H](CCO[Si](C)(C)C(C)(C)C)C(=O)OC(C)(C)C)C(=O)NCc1cccnc1. The molecule has 0 spiro atoms. The lowest BCUT2D eigenvalue weighted by Gasteiger charge is -2.36. The molecule has 0 saturated carbocycles. The molecular weight excluding hydrogens is 446 g/mol. The van der Waals surface area contributed by atoms with Crippen molar-refractivity contribution in [1.29, 1.82) is 0 Å². The predicted octanol–water partition coefficient (Wildman–Crippen LogP) is 4.82. The van der Waals surface area contributed by atoms with Crippen LogP contribution in [0.2, 0.25) is 18.1 Å². The van der Waals surface area contributed by atoms with Crippen LogP contribution in [-0.4, -0.2) is 49.5 Å². The Balaban J connectivity index is 2.96. The Bertz CT molecular complexity index is 770. The van der Waals surface area contributed by atoms with Crippen molar-refractivity contribution in [1.82, 2.24) is 15.6 Å². The Morgan fingerprint density at radius 3 is 2.24 bits per heavy atom. The number of hydrogen-bond donors (Lipinski definition) is 2. The lowest BCUT2D eigenvalue weighted by Crippen LogP contribution is -2.53. The Labute approximate surface area is 207 Å². The average molecular weight is 494 g/mol. The summed E-state index contributed by atoms with van der Waals surface area (Å²) >= 11 is 0. The number of nitrogens with zero attached hydrogens (tertiary/aromatic N) is 1. The maximum Gasteiger partial charge on any atom is 0.323 e. The van der Waals surface area contributed by atoms with Gasteiger partial charge in [0.1, 0.15) is 11.6 Å². The van der Waals surface area contributed by atoms with Crippen LogP contribution in [0.3, 0.4) is 0 Å². The molecule has 0 aromatic carbocycles. The van der Waals surface area contributed by atoms with Crippen LogP contribution in [0.4, 0.5) is 0 Å². The molecule has 0 aliphatic carbocycles. The number of esters is 1. The van der Waals surface area contributed by atoms with E-state index in [2.05, 4.69) is 63.3 Å². The van der Waals surface area contributed by atoms with Crippen molar-refractivity contribution >= 4 is 20.2 Å². The minimum atomic E-state index is -1.96. The molecule has 2 atom stereocenters. The summed E-state index contributed by atoms with van der Waals surface area (Å²) in [5.74, 6) is -0.235. The van der Waals surface area contributed by atoms with E-state index in [0.29, 0.717) is 26.0 Å². The molecule has 0 fully saturated rings. The van der Waals surface area contributed by atoms with Crippen molar-refractivity contribution in [3.05, 3.63) is 30.1 Å². The van der Waals surface area contributed by atoms with E-state index in [0.717, 1.165) is 5.56 Å². The van der Waals surface area contributed by atoms with E-state index in [-0.39, 0.29) is 22.8 Å². The Morgan fingerprint density at radius 2 is 1.74 bits per heavy atom. The van der Waals surface area contributed by atoms with Crippen LogP contribution in [0.1, 0.15) is 73.8 Å². The molecule has 2 N–H and O–H groups in total. The first-order chi connectivity index (χ1) is 15.5. The van der Waals surface area contributed by atoms with Gasteiger partial charge in [-0.1, -0.05) is 40.7 Å². The maximum absolute atomic E-state index is 13.1. The summed E-state index contributed by atoms with van der Waals surface area (Å²) in [5, 5.41) is 6.36. The smallest absolute Gasteiger partial charge is 0.323 e. The average Bonchev–Trinajstić information content (AvgIpc) is 2.68. The summed E-state index contributed by atoms with van der Waals surface area (Å²) in [6, 6.07) is 2.59. The van der Waals surface area contributed by atoms with Gasteiger partial charge in [-0.15, -0.1) is 0 Å². The minimum Gasteiger partial charge on any atom is -0.459 e. The van der Waals surface area contributed by atoms with Crippen molar-refractivity contribution in [3.63, 3.8) is 0 Å². The Hall–Kier alpha value is -1.77. The summed E-state index contributed by atoms with van der Waals surface area (Å²) in [4.78, 5) is 30.2. The molecule has 0 bridgehead atoms. The van der Waals surface area contributed by atoms with E-state index in [9.17, 15) is 9.59 Å². The van der Waals surface area contributed by atoms with Crippen LogP contribution < -0.4 is 10.6 Å². The van der Waals surface area contributed by atoms with Gasteiger partial charge in [0, 0.05) is 25.5 Å². The molecule has 0 radical (unpaired) electrons. The van der Waals surface area contributed by atoms with Gasteiger partial charge in [-0.05, 0) is 69.3 Å². The first-order valence-corrected chi connectivity index (χ1v) is 15.2. The van der Waals surface area contributed by atoms with E-state index < -0.39 is 26.0 Å². The summed E-state index contributed by atoms with van der Waals surface area (Å²) < 4.78 is 12.0. The van der Waals surface area contributed by atoms with Crippen molar-refractivity contribution in [3.8, 4) is 0 Å². The van der Waals surface area contributed by atoms with Crippen molar-refractivity contribution < 1.29 is 18.8 Å². The summed E-state index contributed by atoms with van der Waals surface area (Å²) in [7, 11) is -1.96. The third-order valence-corrected chi connectivity index (χ3v) is 10.5. The second kappa shape index (κ2) is 12.8. The van der Waals surface area contributed by atoms with Gasteiger partial charge in [-0.3, -0.25) is 19.9 Å². The van der Waals surface area contributed by atoms with Gasteiger partial charge < -0.3 is 14.5 Å². The number of aromatic nitrogens is 1. The number of ether oxygens (including phenoxy) is 1. The van der Waals surface area contributed by atoms with E-state index in [1.54, 1.807) is 12.4 Å². The Morgan fingerprint density at radius 1 is 1.09 bits per heavy atom. The first-order valence-electron chi connectivity index (χ1n) is 12.3. The third-order valence-electron chi connectivity index (χ3n) is 5.98. The topological polar surface area (TPSA) is 89.5 Å². The molecule has 1 heterocycles. The number of carbonyl (C=O) groups excluding carboxylic acids is 2. The number of nitrogens with one attached hydrogen (secondary N) is 2. The van der Waals surface area contributed by atoms with Crippen LogP contribution in [0.25, 0.3) is 0 Å². The first kappa shape index (κ1) is 30.3. The molecule has 0 aliphatic heterocycles. The zero-order chi connectivity index (χ0) is 26.2. The molecule has 0 unspecified atom stereocenters. The fourth-order valence-electron chi connectivity index (χ4n) is 3.07. The number of pyridine rings is 1. The summed E-state index contributed by atoms with van der Waals surface area (Å²) in [5.41, 5.74) is 0.304. The second-order valence-electron chi connectivity index (χ2n) is 11.9. The fraction of sp³-hybridized carbons (Fsp3) is 0.731. The minimum absolute atomic E-state index is 0.0776. The fourth-order valence-corrected chi connectivity index (χ4v) is 4.13. The quantitative estimate of drug-likeness (QED) is 0.320. The van der Waals surface area contributed by atoms with Crippen molar-refractivity contribution in [2.24, 2.45) is 5.92 Å². The lowest BCUT2D eigenvalue weighted by molar-refractivity contribution is -0.158. The molecule has 1 rings (SSSR count). The number of rotatable bonds is 12. The highest BCUT2D eigenvalue weighted by molar-refractivity contribution is 6.74. The molecule has 8 heteroatoms. The van der Waals surface area contributed by atoms with Gasteiger partial charge in [0.25, 0.3) is 0 Å². The molecule has 1 aromatic heterocycles. The van der Waals surface area contributed by atoms with Crippen LogP contribution >= 0.6 is 0 Å². The van der Waals surface area contributed by atoms with E-state index in [4.69, 9.17) is 9.16 Å². The highest BCUT2D eigenvalue weighted by atomic mass is 28.4. The molecule has 194 valence electrons. The zero-order valence-corrected chi connectivity index (χ0v) is 24.0. The Kier molecular flexibility index (Phi) is 11.4. The molecule has 1 amide bonds. The van der Waals surface area contributed by atoms with Gasteiger partial charge >= 0.3 is 5.97 Å². The lowest BCUT2D eigenvalue weighted by atomic mass is 10.0. The van der Waals surface area contributed by atoms with E-state index in [1.165, 1.54) is 0 Å². The summed E-state index contributed by atoms with van der Waals surface area (Å²) in [6.07, 6.45) is 4.46. The standard InChI is InChI=1S/C26H47N3O4Si/c1-19(2)16-22(23(30)28-18-20-12-11-14-27-17-20)29-21(24(31)33-25(3,4)5)13-15-32-34(9,10)26(6,7)8/h11-12,14,17,19,21-22,29H,13,15-16,18H2,1-10H3,(H,28,30)/t21-,22+/m1/s1. The number of carbonyl (C=O) groups is 2. The molecule has 7 nitrogen and oxygen atoms in total. The van der Waals surface area contributed by atoms with Crippen LogP contribution in [0, 0.1) is 5.92 Å². The predicted molar refractivity (Wildman–Crippen MR) is 140 cm³/mol. The second-order valence-corrected chi connectivity index (χ2v) is 16.7. The van der Waals surface area contributed by atoms with Gasteiger partial charge in [0.05, 0.1) is 6.04 Å². The van der Waals surface area contributed by atoms with Crippen LogP contribution in [0.5, 0.6) is 0 Å². The van der Waals surface area contributed by atoms with Gasteiger partial charge in [0.2, 0.25) is 5.91 Å². The number of amides is 1. The normalized spacial score (nSPS) is 14.6. The van der Waals surface area contributed by atoms with Gasteiger partial charge in [-0.25, -0.2) is 0 Å². The van der Waals surface area contributed by atoms with E-state index >= 15 is 0 Å². The van der Waals surface area contributed by atoms with Crippen LogP contribution in [-0.2, 0) is 25.3 Å². The molecule has 34 heavy (non-hydrogen) atoms. The summed E-state index contributed by atoms with van der Waals surface area (Å²) in [6.45, 7) is 21.4. The maximum atomic E-state index is 13.1. The third kappa shape index (κ3) is 11.1. The van der Waals surface area contributed by atoms with Gasteiger partial charge in [-0.2, -0.15) is 0 Å². The number of hydrogen-bond acceptors (Lipinski definition) is 6. The zero-order valence-electron chi connectivity index (χ0n) is 23.0. The van der Waals surface area contributed by atoms with E-state index in [1.807, 2.05) is 32.9 Å². The highest BCUT2D eigenvalue weighted by Crippen LogP contribution is 2.36. The molecule has 1 aromatic rings. The monoisotopic (exact) mass is 493 g/mol.